The largest absolute Gasteiger partial charge is 0.367 e. The molecule has 0 bridgehead atoms. The van der Waals surface area contributed by atoms with Crippen LogP contribution >= 0.6 is 0 Å². The van der Waals surface area contributed by atoms with Crippen LogP contribution in [0.5, 0.6) is 0 Å². The molecule has 3 rings (SSSR count). The predicted molar refractivity (Wildman–Crippen MR) is 79.1 cm³/mol. The van der Waals surface area contributed by atoms with E-state index in [9.17, 15) is 4.39 Å². The quantitative estimate of drug-likeness (QED) is 0.847. The van der Waals surface area contributed by atoms with Crippen molar-refractivity contribution in [2.24, 2.45) is 5.73 Å². The zero-order valence-electron chi connectivity index (χ0n) is 11.7. The fourth-order valence-corrected chi connectivity index (χ4v) is 2.63. The number of halogens is 1. The van der Waals surface area contributed by atoms with Gasteiger partial charge >= 0.3 is 0 Å². The summed E-state index contributed by atoms with van der Waals surface area (Å²) in [5, 5.41) is 3.41. The minimum Gasteiger partial charge on any atom is -0.367 e. The second kappa shape index (κ2) is 6.13. The van der Waals surface area contributed by atoms with Gasteiger partial charge in [0.05, 0.1) is 5.69 Å². The Morgan fingerprint density at radius 2 is 1.90 bits per heavy atom. The molecule has 0 atom stereocenters. The second-order valence-electron chi connectivity index (χ2n) is 5.41. The molecule has 0 radical (unpaired) electrons. The van der Waals surface area contributed by atoms with Crippen molar-refractivity contribution in [3.63, 3.8) is 0 Å². The van der Waals surface area contributed by atoms with Gasteiger partial charge in [-0.05, 0) is 31.7 Å². The lowest BCUT2D eigenvalue weighted by Crippen LogP contribution is -2.33. The minimum absolute atomic E-state index is 0.323. The van der Waals surface area contributed by atoms with Crippen molar-refractivity contribution in [2.75, 3.05) is 5.32 Å². The SMILES string of the molecule is NC1CCC(Nc2cc(-c3ccnc(F)c3)ncn2)CC1. The summed E-state index contributed by atoms with van der Waals surface area (Å²) in [5.41, 5.74) is 7.28. The average molecular weight is 287 g/mol. The van der Waals surface area contributed by atoms with E-state index in [0.717, 1.165) is 31.5 Å². The second-order valence-corrected chi connectivity index (χ2v) is 5.41. The highest BCUT2D eigenvalue weighted by Crippen LogP contribution is 2.23. The van der Waals surface area contributed by atoms with E-state index in [1.165, 1.54) is 18.6 Å². The van der Waals surface area contributed by atoms with Gasteiger partial charge in [-0.15, -0.1) is 0 Å². The summed E-state index contributed by atoms with van der Waals surface area (Å²) >= 11 is 0. The van der Waals surface area contributed by atoms with Gasteiger partial charge in [0.2, 0.25) is 5.95 Å². The number of hydrogen-bond acceptors (Lipinski definition) is 5. The Hall–Kier alpha value is -2.08. The molecule has 1 saturated carbocycles. The van der Waals surface area contributed by atoms with Crippen LogP contribution in [0.15, 0.2) is 30.7 Å². The number of rotatable bonds is 3. The summed E-state index contributed by atoms with van der Waals surface area (Å²) in [4.78, 5) is 12.0. The smallest absolute Gasteiger partial charge is 0.213 e. The Morgan fingerprint density at radius 1 is 1.10 bits per heavy atom. The molecule has 0 spiro atoms. The molecule has 0 saturated heterocycles. The van der Waals surface area contributed by atoms with Crippen LogP contribution in [0.25, 0.3) is 11.3 Å². The maximum atomic E-state index is 13.2. The third kappa shape index (κ3) is 3.52. The van der Waals surface area contributed by atoms with Gasteiger partial charge in [-0.25, -0.2) is 15.0 Å². The summed E-state index contributed by atoms with van der Waals surface area (Å²) in [6.45, 7) is 0. The predicted octanol–water partition coefficient (Wildman–Crippen LogP) is 2.36. The van der Waals surface area contributed by atoms with Gasteiger partial charge in [-0.2, -0.15) is 4.39 Å². The van der Waals surface area contributed by atoms with E-state index in [1.54, 1.807) is 6.07 Å². The molecule has 110 valence electrons. The molecule has 6 heteroatoms. The van der Waals surface area contributed by atoms with E-state index >= 15 is 0 Å². The number of nitrogens with one attached hydrogen (secondary N) is 1. The summed E-state index contributed by atoms with van der Waals surface area (Å²) in [5.74, 6) is 0.250. The van der Waals surface area contributed by atoms with E-state index < -0.39 is 5.95 Å². The van der Waals surface area contributed by atoms with Crippen LogP contribution in [0.2, 0.25) is 0 Å². The Bertz CT molecular complexity index is 611. The molecular weight excluding hydrogens is 269 g/mol. The zero-order chi connectivity index (χ0) is 14.7. The molecule has 0 unspecified atom stereocenters. The average Bonchev–Trinajstić information content (AvgIpc) is 2.50. The van der Waals surface area contributed by atoms with Crippen molar-refractivity contribution in [3.05, 3.63) is 36.7 Å². The Morgan fingerprint density at radius 3 is 2.67 bits per heavy atom. The molecule has 2 heterocycles. The summed E-state index contributed by atoms with van der Waals surface area (Å²) < 4.78 is 13.2. The van der Waals surface area contributed by atoms with Crippen LogP contribution in [0.3, 0.4) is 0 Å². The first kappa shape index (κ1) is 13.9. The van der Waals surface area contributed by atoms with Gasteiger partial charge in [-0.1, -0.05) is 0 Å². The third-order valence-corrected chi connectivity index (χ3v) is 3.81. The molecule has 0 aliphatic heterocycles. The van der Waals surface area contributed by atoms with Crippen LogP contribution < -0.4 is 11.1 Å². The van der Waals surface area contributed by atoms with Crippen molar-refractivity contribution in [2.45, 2.75) is 37.8 Å². The standard InChI is InChI=1S/C15H18FN5/c16-14-7-10(5-6-18-14)13-8-15(20-9-19-13)21-12-3-1-11(17)2-4-12/h5-9,11-12H,1-4,17H2,(H,19,20,21). The lowest BCUT2D eigenvalue weighted by atomic mass is 9.92. The number of nitrogens with zero attached hydrogens (tertiary/aromatic N) is 3. The molecule has 5 nitrogen and oxygen atoms in total. The minimum atomic E-state index is -0.512. The van der Waals surface area contributed by atoms with E-state index in [-0.39, 0.29) is 0 Å². The monoisotopic (exact) mass is 287 g/mol. The van der Waals surface area contributed by atoms with E-state index in [0.29, 0.717) is 23.3 Å². The van der Waals surface area contributed by atoms with Gasteiger partial charge in [0.25, 0.3) is 0 Å². The molecular formula is C15H18FN5. The van der Waals surface area contributed by atoms with Crippen molar-refractivity contribution < 1.29 is 4.39 Å². The number of nitrogens with two attached hydrogens (primary N) is 1. The first-order chi connectivity index (χ1) is 10.2. The summed E-state index contributed by atoms with van der Waals surface area (Å²) in [6, 6.07) is 5.65. The van der Waals surface area contributed by atoms with Crippen LogP contribution in [0, 0.1) is 5.95 Å². The van der Waals surface area contributed by atoms with E-state index in [2.05, 4.69) is 20.3 Å². The van der Waals surface area contributed by atoms with Crippen LogP contribution in [-0.2, 0) is 0 Å². The Labute approximate surface area is 122 Å². The lowest BCUT2D eigenvalue weighted by Gasteiger charge is -2.27. The number of aromatic nitrogens is 3. The molecule has 0 amide bonds. The van der Waals surface area contributed by atoms with Crippen molar-refractivity contribution in [1.29, 1.82) is 0 Å². The van der Waals surface area contributed by atoms with Crippen molar-refractivity contribution in [1.82, 2.24) is 15.0 Å². The van der Waals surface area contributed by atoms with Crippen LogP contribution in [0.4, 0.5) is 10.2 Å². The number of pyridine rings is 1. The van der Waals surface area contributed by atoms with Crippen molar-refractivity contribution in [3.8, 4) is 11.3 Å². The molecule has 1 fully saturated rings. The van der Waals surface area contributed by atoms with Gasteiger partial charge in [0.1, 0.15) is 12.1 Å². The molecule has 1 aliphatic rings. The van der Waals surface area contributed by atoms with E-state index in [4.69, 9.17) is 5.73 Å². The third-order valence-electron chi connectivity index (χ3n) is 3.81. The lowest BCUT2D eigenvalue weighted by molar-refractivity contribution is 0.410. The van der Waals surface area contributed by atoms with E-state index in [1.807, 2.05) is 6.07 Å². The number of hydrogen-bond donors (Lipinski definition) is 2. The van der Waals surface area contributed by atoms with Gasteiger partial charge in [0.15, 0.2) is 0 Å². The van der Waals surface area contributed by atoms with Gasteiger partial charge in [0, 0.05) is 36.0 Å². The number of anilines is 1. The fraction of sp³-hybridized carbons (Fsp3) is 0.400. The molecule has 21 heavy (non-hydrogen) atoms. The van der Waals surface area contributed by atoms with Gasteiger partial charge in [-0.3, -0.25) is 0 Å². The molecule has 3 N–H and O–H groups in total. The molecule has 2 aromatic rings. The first-order valence-corrected chi connectivity index (χ1v) is 7.17. The topological polar surface area (TPSA) is 76.7 Å². The Kier molecular flexibility index (Phi) is 4.06. The summed E-state index contributed by atoms with van der Waals surface area (Å²) in [7, 11) is 0. The normalized spacial score (nSPS) is 22.0. The zero-order valence-corrected chi connectivity index (χ0v) is 11.7. The molecule has 2 aromatic heterocycles. The van der Waals surface area contributed by atoms with Crippen LogP contribution in [0.1, 0.15) is 25.7 Å². The first-order valence-electron chi connectivity index (χ1n) is 7.17. The molecule has 1 aliphatic carbocycles. The van der Waals surface area contributed by atoms with Crippen molar-refractivity contribution >= 4 is 5.82 Å². The fourth-order valence-electron chi connectivity index (χ4n) is 2.63. The highest BCUT2D eigenvalue weighted by molar-refractivity contribution is 5.61. The maximum absolute atomic E-state index is 13.2. The highest BCUT2D eigenvalue weighted by Gasteiger charge is 2.18. The maximum Gasteiger partial charge on any atom is 0.213 e. The van der Waals surface area contributed by atoms with Crippen LogP contribution in [-0.4, -0.2) is 27.0 Å². The Balaban J connectivity index is 1.74. The highest BCUT2D eigenvalue weighted by atomic mass is 19.1. The van der Waals surface area contributed by atoms with Gasteiger partial charge < -0.3 is 11.1 Å². The summed E-state index contributed by atoms with van der Waals surface area (Å²) in [6.07, 6.45) is 7.08. The molecule has 0 aromatic carbocycles.